The summed E-state index contributed by atoms with van der Waals surface area (Å²) in [7, 11) is 0. The average molecular weight is 256 g/mol. The molecule has 5 heteroatoms. The van der Waals surface area contributed by atoms with Crippen molar-refractivity contribution >= 4 is 5.69 Å². The molecule has 0 unspecified atom stereocenters. The molecule has 0 saturated carbocycles. The number of hydrogen-bond acceptors (Lipinski definition) is 5. The number of nitrogens with zero attached hydrogens (tertiary/aromatic N) is 1. The van der Waals surface area contributed by atoms with E-state index in [1.54, 1.807) is 30.5 Å². The highest BCUT2D eigenvalue weighted by Crippen LogP contribution is 2.23. The average Bonchev–Trinajstić information content (AvgIpc) is 3.09. The van der Waals surface area contributed by atoms with Gasteiger partial charge in [-0.25, -0.2) is 0 Å². The third-order valence-corrected chi connectivity index (χ3v) is 2.62. The Hall–Kier alpha value is -2.69. The lowest BCUT2D eigenvalue weighted by Crippen LogP contribution is -1.98. The van der Waals surface area contributed by atoms with E-state index >= 15 is 0 Å². The molecule has 96 valence electrons. The number of rotatable bonds is 4. The molecule has 0 radical (unpaired) electrons. The molecule has 0 aliphatic carbocycles. The Labute approximate surface area is 109 Å². The first-order chi connectivity index (χ1) is 9.33. The molecular formula is C14H12N2O3. The van der Waals surface area contributed by atoms with Crippen LogP contribution in [-0.2, 0) is 6.61 Å². The van der Waals surface area contributed by atoms with Gasteiger partial charge in [-0.3, -0.25) is 0 Å². The van der Waals surface area contributed by atoms with Gasteiger partial charge in [0.15, 0.2) is 5.76 Å². The van der Waals surface area contributed by atoms with Gasteiger partial charge in [-0.2, -0.15) is 0 Å². The van der Waals surface area contributed by atoms with Crippen LogP contribution in [0.5, 0.6) is 5.75 Å². The van der Waals surface area contributed by atoms with Crippen molar-refractivity contribution in [1.29, 1.82) is 0 Å². The highest BCUT2D eigenvalue weighted by atomic mass is 16.5. The molecule has 2 heterocycles. The highest BCUT2D eigenvalue weighted by molar-refractivity contribution is 5.52. The first-order valence-corrected chi connectivity index (χ1v) is 5.80. The minimum atomic E-state index is 0.290. The minimum absolute atomic E-state index is 0.290. The number of hydrogen-bond donors (Lipinski definition) is 1. The zero-order valence-corrected chi connectivity index (χ0v) is 10.1. The molecule has 2 N–H and O–H groups in total. The summed E-state index contributed by atoms with van der Waals surface area (Å²) in [6, 6.07) is 12.7. The lowest BCUT2D eigenvalue weighted by atomic mass is 10.3. The Kier molecular flexibility index (Phi) is 2.94. The van der Waals surface area contributed by atoms with Gasteiger partial charge in [-0.15, -0.1) is 0 Å². The zero-order valence-electron chi connectivity index (χ0n) is 10.1. The van der Waals surface area contributed by atoms with E-state index in [0.717, 1.165) is 0 Å². The maximum atomic E-state index is 5.78. The van der Waals surface area contributed by atoms with Gasteiger partial charge in [-0.1, -0.05) is 17.3 Å². The van der Waals surface area contributed by atoms with Crippen LogP contribution in [0.2, 0.25) is 0 Å². The molecule has 0 bridgehead atoms. The topological polar surface area (TPSA) is 74.4 Å². The maximum absolute atomic E-state index is 5.78. The van der Waals surface area contributed by atoms with Gasteiger partial charge < -0.3 is 19.4 Å². The van der Waals surface area contributed by atoms with E-state index in [4.69, 9.17) is 19.4 Å². The van der Waals surface area contributed by atoms with Gasteiger partial charge in [0.1, 0.15) is 18.1 Å². The summed E-state index contributed by atoms with van der Waals surface area (Å²) in [5, 5.41) is 3.92. The van der Waals surface area contributed by atoms with Crippen molar-refractivity contribution < 1.29 is 13.7 Å². The van der Waals surface area contributed by atoms with Gasteiger partial charge in [0, 0.05) is 6.07 Å². The largest absolute Gasteiger partial charge is 0.485 e. The third-order valence-electron chi connectivity index (χ3n) is 2.62. The standard InChI is InChI=1S/C14H12N2O3/c15-11-4-1-2-5-12(11)18-9-10-8-14(19-16-10)13-6-3-7-17-13/h1-8H,9,15H2. The predicted octanol–water partition coefficient (Wildman–Crippen LogP) is 3.10. The Balaban J connectivity index is 1.70. The minimum Gasteiger partial charge on any atom is -0.485 e. The number of ether oxygens (including phenoxy) is 1. The Morgan fingerprint density at radius 3 is 2.79 bits per heavy atom. The van der Waals surface area contributed by atoms with Crippen LogP contribution >= 0.6 is 0 Å². The fourth-order valence-electron chi connectivity index (χ4n) is 1.68. The van der Waals surface area contributed by atoms with E-state index in [9.17, 15) is 0 Å². The summed E-state index contributed by atoms with van der Waals surface area (Å²) < 4.78 is 16.0. The van der Waals surface area contributed by atoms with Crippen LogP contribution in [0.3, 0.4) is 0 Å². The number of furan rings is 1. The molecule has 19 heavy (non-hydrogen) atoms. The Morgan fingerprint density at radius 1 is 1.11 bits per heavy atom. The SMILES string of the molecule is Nc1ccccc1OCc1cc(-c2ccco2)on1. The summed E-state index contributed by atoms with van der Waals surface area (Å²) in [5.41, 5.74) is 7.05. The normalized spacial score (nSPS) is 10.5. The molecule has 0 aliphatic heterocycles. The number of aromatic nitrogens is 1. The summed E-state index contributed by atoms with van der Waals surface area (Å²) in [4.78, 5) is 0. The smallest absolute Gasteiger partial charge is 0.202 e. The predicted molar refractivity (Wildman–Crippen MR) is 69.4 cm³/mol. The van der Waals surface area contributed by atoms with Crippen LogP contribution in [0.25, 0.3) is 11.5 Å². The highest BCUT2D eigenvalue weighted by Gasteiger charge is 2.09. The molecule has 2 aromatic heterocycles. The van der Waals surface area contributed by atoms with Gasteiger partial charge in [0.25, 0.3) is 0 Å². The van der Waals surface area contributed by atoms with Crippen LogP contribution in [0.15, 0.2) is 57.7 Å². The fourth-order valence-corrected chi connectivity index (χ4v) is 1.68. The Bertz CT molecular complexity index is 659. The van der Waals surface area contributed by atoms with Crippen LogP contribution in [0.1, 0.15) is 5.69 Å². The summed E-state index contributed by atoms with van der Waals surface area (Å²) in [6.07, 6.45) is 1.58. The van der Waals surface area contributed by atoms with Crippen LogP contribution in [0.4, 0.5) is 5.69 Å². The van der Waals surface area contributed by atoms with E-state index in [0.29, 0.717) is 35.3 Å². The molecule has 0 saturated heterocycles. The van der Waals surface area contributed by atoms with E-state index in [1.807, 2.05) is 18.2 Å². The number of benzene rings is 1. The molecule has 0 spiro atoms. The van der Waals surface area contributed by atoms with Crippen LogP contribution < -0.4 is 10.5 Å². The number of para-hydroxylation sites is 2. The quantitative estimate of drug-likeness (QED) is 0.726. The molecule has 5 nitrogen and oxygen atoms in total. The second-order valence-corrected chi connectivity index (χ2v) is 3.99. The van der Waals surface area contributed by atoms with E-state index in [1.165, 1.54) is 0 Å². The van der Waals surface area contributed by atoms with Gasteiger partial charge in [-0.05, 0) is 24.3 Å². The molecule has 3 rings (SSSR count). The molecular weight excluding hydrogens is 244 g/mol. The molecule has 0 fully saturated rings. The summed E-state index contributed by atoms with van der Waals surface area (Å²) >= 11 is 0. The summed E-state index contributed by atoms with van der Waals surface area (Å²) in [6.45, 7) is 0.290. The maximum Gasteiger partial charge on any atom is 0.202 e. The van der Waals surface area contributed by atoms with Crippen LogP contribution in [-0.4, -0.2) is 5.16 Å². The van der Waals surface area contributed by atoms with E-state index in [-0.39, 0.29) is 0 Å². The second kappa shape index (κ2) is 4.89. The second-order valence-electron chi connectivity index (χ2n) is 3.99. The number of anilines is 1. The van der Waals surface area contributed by atoms with Crippen molar-refractivity contribution in [1.82, 2.24) is 5.16 Å². The molecule has 0 atom stereocenters. The van der Waals surface area contributed by atoms with Crippen LogP contribution in [0, 0.1) is 0 Å². The first kappa shape index (κ1) is 11.4. The molecule has 3 aromatic rings. The van der Waals surface area contributed by atoms with Crippen molar-refractivity contribution in [3.8, 4) is 17.3 Å². The lowest BCUT2D eigenvalue weighted by Gasteiger charge is -2.05. The number of nitrogens with two attached hydrogens (primary N) is 1. The molecule has 1 aromatic carbocycles. The first-order valence-electron chi connectivity index (χ1n) is 5.80. The number of nitrogen functional groups attached to an aromatic ring is 1. The van der Waals surface area contributed by atoms with Crippen molar-refractivity contribution in [2.45, 2.75) is 6.61 Å². The van der Waals surface area contributed by atoms with E-state index < -0.39 is 0 Å². The zero-order chi connectivity index (χ0) is 13.1. The van der Waals surface area contributed by atoms with Crippen molar-refractivity contribution in [2.24, 2.45) is 0 Å². The van der Waals surface area contributed by atoms with Gasteiger partial charge in [0.2, 0.25) is 5.76 Å². The van der Waals surface area contributed by atoms with Crippen molar-refractivity contribution in [3.63, 3.8) is 0 Å². The molecule has 0 amide bonds. The van der Waals surface area contributed by atoms with Crippen molar-refractivity contribution in [2.75, 3.05) is 5.73 Å². The van der Waals surface area contributed by atoms with E-state index in [2.05, 4.69) is 5.16 Å². The fraction of sp³-hybridized carbons (Fsp3) is 0.0714. The van der Waals surface area contributed by atoms with Crippen molar-refractivity contribution in [3.05, 3.63) is 54.4 Å². The van der Waals surface area contributed by atoms with Gasteiger partial charge in [0.05, 0.1) is 12.0 Å². The third kappa shape index (κ3) is 2.44. The Morgan fingerprint density at radius 2 is 2.00 bits per heavy atom. The lowest BCUT2D eigenvalue weighted by molar-refractivity contribution is 0.291. The monoisotopic (exact) mass is 256 g/mol. The van der Waals surface area contributed by atoms with Gasteiger partial charge >= 0.3 is 0 Å². The summed E-state index contributed by atoms with van der Waals surface area (Å²) in [5.74, 6) is 1.84. The molecule has 0 aliphatic rings.